The van der Waals surface area contributed by atoms with E-state index in [1.807, 2.05) is 52.8 Å². The van der Waals surface area contributed by atoms with Gasteiger partial charge in [0.1, 0.15) is 29.5 Å². The summed E-state index contributed by atoms with van der Waals surface area (Å²) in [5, 5.41) is 0. The van der Waals surface area contributed by atoms with Crippen molar-refractivity contribution >= 4 is 5.97 Å². The van der Waals surface area contributed by atoms with Gasteiger partial charge in [0.05, 0.1) is 12.5 Å². The Morgan fingerprint density at radius 3 is 2.63 bits per heavy atom. The maximum absolute atomic E-state index is 14.3. The number of esters is 1. The number of piperidine rings is 1. The molecule has 190 valence electrons. The summed E-state index contributed by atoms with van der Waals surface area (Å²) in [4.78, 5) is 14.7. The summed E-state index contributed by atoms with van der Waals surface area (Å²) in [6, 6.07) is 11.2. The highest BCUT2D eigenvalue weighted by Gasteiger charge is 2.43. The first kappa shape index (κ1) is 25.5. The van der Waals surface area contributed by atoms with Crippen LogP contribution >= 0.6 is 0 Å². The quantitative estimate of drug-likeness (QED) is 0.475. The summed E-state index contributed by atoms with van der Waals surface area (Å²) in [7, 11) is 0. The highest BCUT2D eigenvalue weighted by Crippen LogP contribution is 2.46. The molecule has 0 amide bonds. The van der Waals surface area contributed by atoms with Crippen LogP contribution in [-0.2, 0) is 28.0 Å². The molecular formula is C29H38FNO4. The Morgan fingerprint density at radius 2 is 1.94 bits per heavy atom. The van der Waals surface area contributed by atoms with Crippen LogP contribution in [0.5, 0.6) is 11.5 Å². The molecule has 0 saturated carbocycles. The van der Waals surface area contributed by atoms with Crippen molar-refractivity contribution in [2.45, 2.75) is 71.5 Å². The average molecular weight is 484 g/mol. The number of likely N-dealkylation sites (tertiary alicyclic amines) is 1. The lowest BCUT2D eigenvalue weighted by atomic mass is 9.74. The van der Waals surface area contributed by atoms with Crippen molar-refractivity contribution in [3.8, 4) is 11.5 Å². The van der Waals surface area contributed by atoms with Crippen molar-refractivity contribution in [1.29, 1.82) is 0 Å². The Hall–Kier alpha value is -2.60. The van der Waals surface area contributed by atoms with E-state index < -0.39 is 5.60 Å². The molecule has 1 atom stereocenters. The van der Waals surface area contributed by atoms with Gasteiger partial charge in [-0.1, -0.05) is 32.0 Å². The zero-order valence-electron chi connectivity index (χ0n) is 21.7. The fourth-order valence-electron chi connectivity index (χ4n) is 5.14. The van der Waals surface area contributed by atoms with Crippen LogP contribution in [0, 0.1) is 11.7 Å². The van der Waals surface area contributed by atoms with Crippen LogP contribution in [0.1, 0.15) is 64.2 Å². The van der Waals surface area contributed by atoms with E-state index in [0.717, 1.165) is 43.7 Å². The molecule has 2 aliphatic rings. The highest BCUT2D eigenvalue weighted by molar-refractivity contribution is 5.72. The molecule has 5 nitrogen and oxygen atoms in total. The highest BCUT2D eigenvalue weighted by atomic mass is 19.1. The zero-order chi connectivity index (χ0) is 25.2. The normalized spacial score (nSPS) is 18.1. The number of nitrogens with zero attached hydrogens (tertiary/aromatic N) is 1. The van der Waals surface area contributed by atoms with Gasteiger partial charge in [0.2, 0.25) is 0 Å². The summed E-state index contributed by atoms with van der Waals surface area (Å²) < 4.78 is 31.9. The van der Waals surface area contributed by atoms with Gasteiger partial charge in [-0.25, -0.2) is 4.39 Å². The largest absolute Gasteiger partial charge is 0.492 e. The fraction of sp³-hybridized carbons (Fsp3) is 0.552. The lowest BCUT2D eigenvalue weighted by molar-refractivity contribution is -0.160. The third-order valence-corrected chi connectivity index (χ3v) is 7.16. The van der Waals surface area contributed by atoms with Crippen molar-refractivity contribution < 1.29 is 23.4 Å². The zero-order valence-corrected chi connectivity index (χ0v) is 21.7. The molecule has 2 heterocycles. The maximum Gasteiger partial charge on any atom is 0.310 e. The predicted octanol–water partition coefficient (Wildman–Crippen LogP) is 5.67. The molecule has 0 radical (unpaired) electrons. The number of ether oxygens (including phenoxy) is 3. The summed E-state index contributed by atoms with van der Waals surface area (Å²) >= 11 is 0. The number of aryl methyl sites for hydroxylation is 1. The first-order valence-corrected chi connectivity index (χ1v) is 12.7. The first-order chi connectivity index (χ1) is 16.6. The molecule has 0 N–H and O–H groups in total. The SMILES string of the molecule is CCc1cccc(F)c1COc1ccc2c(c1)OCC21CCN(CC(C)C(=O)OC(C)(C)C)CC1. The van der Waals surface area contributed by atoms with Gasteiger partial charge in [-0.15, -0.1) is 0 Å². The standard InChI is InChI=1S/C29H38FNO4/c1-6-21-8-7-9-25(30)23(21)18-33-22-10-11-24-26(16-22)34-19-29(24)12-14-31(15-13-29)17-20(2)27(32)35-28(3,4)5/h7-11,16,20H,6,12-15,17-19H2,1-5H3. The summed E-state index contributed by atoms with van der Waals surface area (Å²) in [6.07, 6.45) is 2.73. The maximum atomic E-state index is 14.3. The van der Waals surface area contributed by atoms with E-state index in [1.54, 1.807) is 6.07 Å². The monoisotopic (exact) mass is 483 g/mol. The number of carbonyl (C=O) groups is 1. The van der Waals surface area contributed by atoms with Gasteiger partial charge in [-0.3, -0.25) is 4.79 Å². The van der Waals surface area contributed by atoms with Gasteiger partial charge < -0.3 is 19.1 Å². The van der Waals surface area contributed by atoms with Crippen LogP contribution in [0.4, 0.5) is 4.39 Å². The topological polar surface area (TPSA) is 48.0 Å². The van der Waals surface area contributed by atoms with E-state index in [-0.39, 0.29) is 29.7 Å². The number of benzene rings is 2. The van der Waals surface area contributed by atoms with Gasteiger partial charge in [0, 0.05) is 29.2 Å². The van der Waals surface area contributed by atoms with E-state index in [4.69, 9.17) is 14.2 Å². The lowest BCUT2D eigenvalue weighted by Crippen LogP contribution is -2.46. The number of hydrogen-bond donors (Lipinski definition) is 0. The predicted molar refractivity (Wildman–Crippen MR) is 134 cm³/mol. The van der Waals surface area contributed by atoms with Gasteiger partial charge in [-0.2, -0.15) is 0 Å². The van der Waals surface area contributed by atoms with E-state index in [0.29, 0.717) is 24.5 Å². The average Bonchev–Trinajstić information content (AvgIpc) is 3.16. The number of fused-ring (bicyclic) bond motifs is 2. The molecule has 0 aromatic heterocycles. The molecule has 2 aliphatic heterocycles. The van der Waals surface area contributed by atoms with Crippen LogP contribution < -0.4 is 9.47 Å². The molecule has 1 fully saturated rings. The van der Waals surface area contributed by atoms with Crippen LogP contribution in [0.25, 0.3) is 0 Å². The molecule has 2 aromatic rings. The molecule has 35 heavy (non-hydrogen) atoms. The molecule has 2 aromatic carbocycles. The molecule has 1 spiro atoms. The second-order valence-corrected chi connectivity index (χ2v) is 11.0. The Labute approximate surface area is 208 Å². The molecule has 0 bridgehead atoms. The number of carbonyl (C=O) groups excluding carboxylic acids is 1. The van der Waals surface area contributed by atoms with Gasteiger partial charge in [0.25, 0.3) is 0 Å². The first-order valence-electron chi connectivity index (χ1n) is 12.7. The van der Waals surface area contributed by atoms with Crippen LogP contribution in [-0.4, -0.2) is 42.7 Å². The van der Waals surface area contributed by atoms with Gasteiger partial charge in [-0.05, 0) is 70.8 Å². The van der Waals surface area contributed by atoms with Crippen molar-refractivity contribution in [1.82, 2.24) is 4.90 Å². The second kappa shape index (κ2) is 10.2. The number of hydrogen-bond acceptors (Lipinski definition) is 5. The Bertz CT molecular complexity index is 1050. The van der Waals surface area contributed by atoms with E-state index in [9.17, 15) is 9.18 Å². The minimum atomic E-state index is -0.460. The minimum absolute atomic E-state index is 0.000435. The molecule has 0 aliphatic carbocycles. The van der Waals surface area contributed by atoms with Crippen LogP contribution in [0.2, 0.25) is 0 Å². The van der Waals surface area contributed by atoms with Crippen molar-refractivity contribution in [3.05, 3.63) is 58.9 Å². The smallest absolute Gasteiger partial charge is 0.310 e. The molecular weight excluding hydrogens is 445 g/mol. The summed E-state index contributed by atoms with van der Waals surface area (Å²) in [6.45, 7) is 13.1. The Kier molecular flexibility index (Phi) is 7.41. The van der Waals surface area contributed by atoms with Gasteiger partial charge in [0.15, 0.2) is 0 Å². The van der Waals surface area contributed by atoms with Crippen LogP contribution in [0.15, 0.2) is 36.4 Å². The van der Waals surface area contributed by atoms with E-state index in [1.165, 1.54) is 11.6 Å². The molecule has 1 saturated heterocycles. The third-order valence-electron chi connectivity index (χ3n) is 7.16. The fourth-order valence-corrected chi connectivity index (χ4v) is 5.14. The second-order valence-electron chi connectivity index (χ2n) is 11.0. The Morgan fingerprint density at radius 1 is 1.20 bits per heavy atom. The molecule has 4 rings (SSSR count). The van der Waals surface area contributed by atoms with Gasteiger partial charge >= 0.3 is 5.97 Å². The van der Waals surface area contributed by atoms with Crippen molar-refractivity contribution in [3.63, 3.8) is 0 Å². The molecule has 1 unspecified atom stereocenters. The van der Waals surface area contributed by atoms with Crippen LogP contribution in [0.3, 0.4) is 0 Å². The number of rotatable bonds is 7. The van der Waals surface area contributed by atoms with Crippen molar-refractivity contribution in [2.75, 3.05) is 26.2 Å². The van der Waals surface area contributed by atoms with E-state index >= 15 is 0 Å². The summed E-state index contributed by atoms with van der Waals surface area (Å²) in [5.41, 5.74) is 2.35. The lowest BCUT2D eigenvalue weighted by Gasteiger charge is -2.39. The Balaban J connectivity index is 1.36. The van der Waals surface area contributed by atoms with Crippen molar-refractivity contribution in [2.24, 2.45) is 5.92 Å². The van der Waals surface area contributed by atoms with E-state index in [2.05, 4.69) is 11.0 Å². The summed E-state index contributed by atoms with van der Waals surface area (Å²) in [5.74, 6) is 1.03. The number of halogens is 1. The molecule has 6 heteroatoms. The minimum Gasteiger partial charge on any atom is -0.492 e. The third kappa shape index (κ3) is 5.80.